The first-order valence-corrected chi connectivity index (χ1v) is 9.23. The van der Waals surface area contributed by atoms with Crippen LogP contribution in [0.25, 0.3) is 10.9 Å². The van der Waals surface area contributed by atoms with Gasteiger partial charge in [0.2, 0.25) is 0 Å². The fraction of sp³-hybridized carbons (Fsp3) is 0.375. The van der Waals surface area contributed by atoms with Gasteiger partial charge in [-0.05, 0) is 41.5 Å². The molecule has 25 heavy (non-hydrogen) atoms. The summed E-state index contributed by atoms with van der Waals surface area (Å²) in [5.41, 5.74) is 6.59. The number of hydrogen-bond donors (Lipinski definition) is 0. The number of benzene rings is 2. The molecule has 0 fully saturated rings. The Morgan fingerprint density at radius 2 is 1.56 bits per heavy atom. The summed E-state index contributed by atoms with van der Waals surface area (Å²) in [4.78, 5) is 4.92. The van der Waals surface area contributed by atoms with Gasteiger partial charge < -0.3 is 0 Å². The molecule has 0 saturated carbocycles. The summed E-state index contributed by atoms with van der Waals surface area (Å²) in [5, 5.41) is 1.21. The van der Waals surface area contributed by atoms with Crippen molar-refractivity contribution in [2.24, 2.45) is 0 Å². The number of rotatable bonds is 3. The van der Waals surface area contributed by atoms with Crippen LogP contribution in [0.2, 0.25) is 0 Å². The van der Waals surface area contributed by atoms with E-state index in [1.807, 2.05) is 0 Å². The second-order valence-electron chi connectivity index (χ2n) is 8.39. The highest BCUT2D eigenvalue weighted by atomic mass is 14.7. The molecule has 0 N–H and O–H groups in total. The first-order chi connectivity index (χ1) is 11.8. The number of pyridine rings is 1. The molecule has 3 aromatic rings. The van der Waals surface area contributed by atoms with Gasteiger partial charge in [0.25, 0.3) is 0 Å². The molecule has 130 valence electrons. The highest BCUT2D eigenvalue weighted by Crippen LogP contribution is 2.35. The van der Waals surface area contributed by atoms with Gasteiger partial charge in [-0.2, -0.15) is 0 Å². The normalized spacial score (nSPS) is 14.5. The highest BCUT2D eigenvalue weighted by Gasteiger charge is 2.21. The van der Waals surface area contributed by atoms with Crippen molar-refractivity contribution in [1.82, 2.24) is 4.98 Å². The Hall–Kier alpha value is -2.15. The van der Waals surface area contributed by atoms with Crippen molar-refractivity contribution in [1.29, 1.82) is 0 Å². The van der Waals surface area contributed by atoms with Gasteiger partial charge in [-0.1, -0.05) is 82.6 Å². The van der Waals surface area contributed by atoms with E-state index in [0.29, 0.717) is 11.8 Å². The van der Waals surface area contributed by atoms with E-state index in [1.165, 1.54) is 27.8 Å². The molecule has 1 nitrogen and oxygen atoms in total. The monoisotopic (exact) mass is 331 g/mol. The first kappa shape index (κ1) is 17.7. The van der Waals surface area contributed by atoms with Crippen molar-refractivity contribution in [2.45, 2.75) is 58.8 Å². The summed E-state index contributed by atoms with van der Waals surface area (Å²) in [6.07, 6.45) is 0. The summed E-state index contributed by atoms with van der Waals surface area (Å²) < 4.78 is 0. The summed E-state index contributed by atoms with van der Waals surface area (Å²) in [6, 6.07) is 19.8. The SMILES string of the molecule is Cc1cc([C@H](C)[C@H](C)c2ccc3ccccc3n2)cc(C(C)(C)C)c1. The lowest BCUT2D eigenvalue weighted by atomic mass is 9.80. The minimum absolute atomic E-state index is 0.172. The molecule has 0 bridgehead atoms. The molecule has 1 heterocycles. The van der Waals surface area contributed by atoms with E-state index in [4.69, 9.17) is 4.98 Å². The van der Waals surface area contributed by atoms with Crippen molar-refractivity contribution in [3.63, 3.8) is 0 Å². The van der Waals surface area contributed by atoms with Gasteiger partial charge in [0.1, 0.15) is 0 Å². The van der Waals surface area contributed by atoms with Crippen LogP contribution in [0.4, 0.5) is 0 Å². The van der Waals surface area contributed by atoms with Crippen LogP contribution in [0.5, 0.6) is 0 Å². The number of nitrogens with zero attached hydrogens (tertiary/aromatic N) is 1. The zero-order valence-electron chi connectivity index (χ0n) is 16.3. The molecule has 3 rings (SSSR count). The second kappa shape index (κ2) is 6.63. The molecule has 1 aromatic heterocycles. The van der Waals surface area contributed by atoms with Crippen LogP contribution in [0, 0.1) is 6.92 Å². The van der Waals surface area contributed by atoms with E-state index in [0.717, 1.165) is 5.52 Å². The number of hydrogen-bond acceptors (Lipinski definition) is 1. The van der Waals surface area contributed by atoms with Crippen molar-refractivity contribution >= 4 is 10.9 Å². The summed E-state index contributed by atoms with van der Waals surface area (Å²) in [5.74, 6) is 0.800. The standard InChI is InChI=1S/C24H29N/c1-16-13-20(15-21(14-16)24(4,5)6)17(2)18(3)22-12-11-19-9-7-8-10-23(19)25-22/h7-15,17-18H,1-6H3/t17-,18+/m1/s1. The van der Waals surface area contributed by atoms with Gasteiger partial charge in [-0.25, -0.2) is 0 Å². The average Bonchev–Trinajstić information content (AvgIpc) is 2.58. The topological polar surface area (TPSA) is 12.9 Å². The van der Waals surface area contributed by atoms with E-state index in [2.05, 4.69) is 96.1 Å². The summed E-state index contributed by atoms with van der Waals surface area (Å²) >= 11 is 0. The fourth-order valence-corrected chi connectivity index (χ4v) is 3.39. The summed E-state index contributed by atoms with van der Waals surface area (Å²) in [7, 11) is 0. The maximum atomic E-state index is 4.92. The van der Waals surface area contributed by atoms with E-state index in [1.54, 1.807) is 0 Å². The number of para-hydroxylation sites is 1. The van der Waals surface area contributed by atoms with E-state index < -0.39 is 0 Å². The van der Waals surface area contributed by atoms with E-state index >= 15 is 0 Å². The largest absolute Gasteiger partial charge is 0.253 e. The van der Waals surface area contributed by atoms with Crippen LogP contribution in [0.3, 0.4) is 0 Å². The van der Waals surface area contributed by atoms with Crippen LogP contribution in [-0.2, 0) is 5.41 Å². The van der Waals surface area contributed by atoms with Crippen LogP contribution in [0.15, 0.2) is 54.6 Å². The predicted octanol–water partition coefficient (Wildman–Crippen LogP) is 6.75. The van der Waals surface area contributed by atoms with Crippen LogP contribution >= 0.6 is 0 Å². The van der Waals surface area contributed by atoms with Crippen molar-refractivity contribution in [2.75, 3.05) is 0 Å². The molecular formula is C24H29N. The Balaban J connectivity index is 1.96. The van der Waals surface area contributed by atoms with E-state index in [9.17, 15) is 0 Å². The zero-order valence-corrected chi connectivity index (χ0v) is 16.3. The molecule has 0 spiro atoms. The quantitative estimate of drug-likeness (QED) is 0.517. The maximum absolute atomic E-state index is 4.92. The Labute approximate surface area is 152 Å². The molecule has 0 aliphatic carbocycles. The predicted molar refractivity (Wildman–Crippen MR) is 108 cm³/mol. The number of fused-ring (bicyclic) bond motifs is 1. The third-order valence-electron chi connectivity index (χ3n) is 5.33. The van der Waals surface area contributed by atoms with Gasteiger partial charge in [-0.15, -0.1) is 0 Å². The van der Waals surface area contributed by atoms with Crippen molar-refractivity contribution in [3.05, 3.63) is 77.0 Å². The van der Waals surface area contributed by atoms with Crippen LogP contribution < -0.4 is 0 Å². The lowest BCUT2D eigenvalue weighted by Crippen LogP contribution is -2.13. The van der Waals surface area contributed by atoms with Gasteiger partial charge in [0.15, 0.2) is 0 Å². The number of aromatic nitrogens is 1. The molecule has 2 aromatic carbocycles. The molecule has 0 unspecified atom stereocenters. The average molecular weight is 332 g/mol. The second-order valence-corrected chi connectivity index (χ2v) is 8.39. The van der Waals surface area contributed by atoms with Crippen molar-refractivity contribution < 1.29 is 0 Å². The van der Waals surface area contributed by atoms with Gasteiger partial charge in [0.05, 0.1) is 5.52 Å². The third kappa shape index (κ3) is 3.76. The minimum Gasteiger partial charge on any atom is -0.253 e. The lowest BCUT2D eigenvalue weighted by Gasteiger charge is -2.25. The number of aryl methyl sites for hydroxylation is 1. The van der Waals surface area contributed by atoms with Gasteiger partial charge in [-0.3, -0.25) is 4.98 Å². The molecule has 0 aliphatic heterocycles. The smallest absolute Gasteiger partial charge is 0.0705 e. The third-order valence-corrected chi connectivity index (χ3v) is 5.33. The molecule has 0 aliphatic rings. The molecule has 0 saturated heterocycles. The molecular weight excluding hydrogens is 302 g/mol. The lowest BCUT2D eigenvalue weighted by molar-refractivity contribution is 0.579. The Bertz CT molecular complexity index is 886. The summed E-state index contributed by atoms with van der Waals surface area (Å²) in [6.45, 7) is 13.7. The van der Waals surface area contributed by atoms with Gasteiger partial charge in [0, 0.05) is 17.0 Å². The molecule has 0 radical (unpaired) electrons. The fourth-order valence-electron chi connectivity index (χ4n) is 3.39. The van der Waals surface area contributed by atoms with E-state index in [-0.39, 0.29) is 5.41 Å². The van der Waals surface area contributed by atoms with Crippen molar-refractivity contribution in [3.8, 4) is 0 Å². The first-order valence-electron chi connectivity index (χ1n) is 9.23. The Morgan fingerprint density at radius 1 is 0.840 bits per heavy atom. The van der Waals surface area contributed by atoms with Gasteiger partial charge >= 0.3 is 0 Å². The molecule has 0 amide bonds. The maximum Gasteiger partial charge on any atom is 0.0705 e. The Kier molecular flexibility index (Phi) is 4.69. The molecule has 1 heteroatoms. The highest BCUT2D eigenvalue weighted by molar-refractivity contribution is 5.78. The van der Waals surface area contributed by atoms with Crippen LogP contribution in [-0.4, -0.2) is 4.98 Å². The van der Waals surface area contributed by atoms with Crippen LogP contribution in [0.1, 0.15) is 68.8 Å². The minimum atomic E-state index is 0.172. The molecule has 2 atom stereocenters. The zero-order chi connectivity index (χ0) is 18.2. The Morgan fingerprint density at radius 3 is 2.28 bits per heavy atom.